The molecule has 0 saturated carbocycles. The number of amides is 1. The second-order valence-electron chi connectivity index (χ2n) is 5.91. The molecule has 0 fully saturated rings. The molecule has 2 aromatic heterocycles. The van der Waals surface area contributed by atoms with Gasteiger partial charge in [0.15, 0.2) is 11.5 Å². The quantitative estimate of drug-likeness (QED) is 0.879. The molecule has 0 spiro atoms. The second kappa shape index (κ2) is 7.23. The molecule has 124 valence electrons. The van der Waals surface area contributed by atoms with Crippen molar-refractivity contribution < 1.29 is 18.8 Å². The second-order valence-corrected chi connectivity index (χ2v) is 5.91. The van der Waals surface area contributed by atoms with Crippen LogP contribution in [0.3, 0.4) is 0 Å². The number of rotatable bonds is 6. The van der Waals surface area contributed by atoms with Crippen molar-refractivity contribution in [3.05, 3.63) is 41.5 Å². The van der Waals surface area contributed by atoms with Gasteiger partial charge in [0.05, 0.1) is 19.3 Å². The summed E-state index contributed by atoms with van der Waals surface area (Å²) in [5, 5.41) is 6.48. The molecular formula is C16H21N3O4. The number of methoxy groups -OCH3 is 1. The molecule has 1 amide bonds. The fraction of sp³-hybridized carbons (Fsp3) is 0.438. The number of hydrogen-bond acceptors (Lipinski definition) is 6. The van der Waals surface area contributed by atoms with Crippen LogP contribution in [0.4, 0.5) is 0 Å². The van der Waals surface area contributed by atoms with Crippen LogP contribution in [0.15, 0.2) is 28.9 Å². The lowest BCUT2D eigenvalue weighted by atomic mass is 10.2. The maximum Gasteiger partial charge on any atom is 0.273 e. The van der Waals surface area contributed by atoms with Gasteiger partial charge in [-0.1, -0.05) is 5.16 Å². The molecule has 0 aliphatic rings. The van der Waals surface area contributed by atoms with Crippen LogP contribution in [0.25, 0.3) is 0 Å². The Hall–Kier alpha value is -2.41. The van der Waals surface area contributed by atoms with Crippen molar-refractivity contribution in [1.29, 1.82) is 0 Å². The highest BCUT2D eigenvalue weighted by molar-refractivity contribution is 5.92. The Balaban J connectivity index is 1.92. The van der Waals surface area contributed by atoms with Crippen LogP contribution in [0.5, 0.6) is 5.75 Å². The molecule has 2 heterocycles. The average molecular weight is 319 g/mol. The van der Waals surface area contributed by atoms with E-state index in [2.05, 4.69) is 15.5 Å². The normalized spacial score (nSPS) is 11.3. The smallest absolute Gasteiger partial charge is 0.273 e. The van der Waals surface area contributed by atoms with E-state index in [9.17, 15) is 4.79 Å². The maximum atomic E-state index is 12.1. The van der Waals surface area contributed by atoms with Gasteiger partial charge >= 0.3 is 0 Å². The van der Waals surface area contributed by atoms with Crippen LogP contribution in [0.2, 0.25) is 0 Å². The minimum absolute atomic E-state index is 0.201. The summed E-state index contributed by atoms with van der Waals surface area (Å²) in [6, 6.07) is 5.12. The minimum Gasteiger partial charge on any atom is -0.495 e. The first kappa shape index (κ1) is 17.0. The zero-order chi connectivity index (χ0) is 16.9. The summed E-state index contributed by atoms with van der Waals surface area (Å²) in [6.07, 6.45) is 1.64. The van der Waals surface area contributed by atoms with E-state index in [0.717, 1.165) is 0 Å². The zero-order valence-electron chi connectivity index (χ0n) is 13.8. The van der Waals surface area contributed by atoms with E-state index in [0.29, 0.717) is 17.2 Å². The third-order valence-corrected chi connectivity index (χ3v) is 2.92. The first-order valence-electron chi connectivity index (χ1n) is 7.24. The highest BCUT2D eigenvalue weighted by Gasteiger charge is 2.16. The molecule has 7 nitrogen and oxygen atoms in total. The van der Waals surface area contributed by atoms with E-state index >= 15 is 0 Å². The van der Waals surface area contributed by atoms with Crippen LogP contribution < -0.4 is 10.1 Å². The van der Waals surface area contributed by atoms with Gasteiger partial charge in [-0.25, -0.2) is 0 Å². The number of aromatic nitrogens is 2. The summed E-state index contributed by atoms with van der Waals surface area (Å²) in [5.41, 5.74) is 0.556. The number of nitrogens with one attached hydrogen (secondary N) is 1. The molecular weight excluding hydrogens is 298 g/mol. The molecule has 0 radical (unpaired) electrons. The van der Waals surface area contributed by atoms with Crippen molar-refractivity contribution in [3.63, 3.8) is 0 Å². The number of hydrogen-bond donors (Lipinski definition) is 1. The molecule has 0 bridgehead atoms. The SMILES string of the molecule is COc1cccnc1CNC(=O)c1cc(COC(C)(C)C)on1. The lowest BCUT2D eigenvalue weighted by Gasteiger charge is -2.17. The average Bonchev–Trinajstić information content (AvgIpc) is 2.99. The van der Waals surface area contributed by atoms with Crippen molar-refractivity contribution in [2.45, 2.75) is 39.5 Å². The topological polar surface area (TPSA) is 86.5 Å². The molecule has 0 aromatic carbocycles. The molecule has 7 heteroatoms. The van der Waals surface area contributed by atoms with Crippen LogP contribution in [0, 0.1) is 0 Å². The Morgan fingerprint density at radius 2 is 2.17 bits per heavy atom. The number of ether oxygens (including phenoxy) is 2. The Morgan fingerprint density at radius 3 is 2.87 bits per heavy atom. The molecule has 2 aromatic rings. The Labute approximate surface area is 135 Å². The summed E-state index contributed by atoms with van der Waals surface area (Å²) in [5.74, 6) is 0.774. The first-order valence-corrected chi connectivity index (χ1v) is 7.24. The Kier molecular flexibility index (Phi) is 5.33. The van der Waals surface area contributed by atoms with E-state index in [1.165, 1.54) is 0 Å². The number of carbonyl (C=O) groups is 1. The summed E-state index contributed by atoms with van der Waals surface area (Å²) < 4.78 is 15.9. The van der Waals surface area contributed by atoms with Gasteiger partial charge < -0.3 is 19.3 Å². The van der Waals surface area contributed by atoms with Gasteiger partial charge in [0.1, 0.15) is 18.1 Å². The fourth-order valence-electron chi connectivity index (χ4n) is 1.77. The highest BCUT2D eigenvalue weighted by Crippen LogP contribution is 2.15. The van der Waals surface area contributed by atoms with Gasteiger partial charge in [-0.05, 0) is 32.9 Å². The maximum absolute atomic E-state index is 12.1. The molecule has 2 rings (SSSR count). The first-order chi connectivity index (χ1) is 10.9. The molecule has 0 aliphatic heterocycles. The third kappa shape index (κ3) is 5.07. The monoisotopic (exact) mass is 319 g/mol. The Morgan fingerprint density at radius 1 is 1.39 bits per heavy atom. The van der Waals surface area contributed by atoms with Crippen LogP contribution in [-0.4, -0.2) is 28.8 Å². The summed E-state index contributed by atoms with van der Waals surface area (Å²) in [6.45, 7) is 6.33. The summed E-state index contributed by atoms with van der Waals surface area (Å²) >= 11 is 0. The molecule has 23 heavy (non-hydrogen) atoms. The highest BCUT2D eigenvalue weighted by atomic mass is 16.5. The minimum atomic E-state index is -0.344. The van der Waals surface area contributed by atoms with E-state index < -0.39 is 0 Å². The van der Waals surface area contributed by atoms with Gasteiger partial charge in [0, 0.05) is 12.3 Å². The van der Waals surface area contributed by atoms with E-state index in [-0.39, 0.29) is 30.4 Å². The molecule has 0 saturated heterocycles. The van der Waals surface area contributed by atoms with E-state index in [1.54, 1.807) is 31.5 Å². The van der Waals surface area contributed by atoms with E-state index in [4.69, 9.17) is 14.0 Å². The van der Waals surface area contributed by atoms with Crippen molar-refractivity contribution in [2.24, 2.45) is 0 Å². The predicted molar refractivity (Wildman–Crippen MR) is 83.0 cm³/mol. The summed E-state index contributed by atoms with van der Waals surface area (Å²) in [4.78, 5) is 16.3. The predicted octanol–water partition coefficient (Wildman–Crippen LogP) is 2.32. The number of nitrogens with zero attached hydrogens (tertiary/aromatic N) is 2. The number of carbonyl (C=O) groups excluding carboxylic acids is 1. The lowest BCUT2D eigenvalue weighted by Crippen LogP contribution is -2.23. The van der Waals surface area contributed by atoms with Gasteiger partial charge in [-0.15, -0.1) is 0 Å². The molecule has 0 unspecified atom stereocenters. The van der Waals surface area contributed by atoms with Crippen molar-refractivity contribution >= 4 is 5.91 Å². The summed E-state index contributed by atoms with van der Waals surface area (Å²) in [7, 11) is 1.56. The van der Waals surface area contributed by atoms with Crippen molar-refractivity contribution in [3.8, 4) is 5.75 Å². The number of pyridine rings is 1. The van der Waals surface area contributed by atoms with Crippen molar-refractivity contribution in [1.82, 2.24) is 15.5 Å². The molecule has 0 aliphatic carbocycles. The third-order valence-electron chi connectivity index (χ3n) is 2.92. The lowest BCUT2D eigenvalue weighted by molar-refractivity contribution is -0.0241. The van der Waals surface area contributed by atoms with Gasteiger partial charge in [-0.3, -0.25) is 9.78 Å². The molecule has 1 N–H and O–H groups in total. The van der Waals surface area contributed by atoms with Gasteiger partial charge in [0.25, 0.3) is 5.91 Å². The Bertz CT molecular complexity index is 661. The van der Waals surface area contributed by atoms with Crippen LogP contribution in [-0.2, 0) is 17.9 Å². The van der Waals surface area contributed by atoms with E-state index in [1.807, 2.05) is 20.8 Å². The van der Waals surface area contributed by atoms with Gasteiger partial charge in [-0.2, -0.15) is 0 Å². The van der Waals surface area contributed by atoms with Crippen LogP contribution in [0.1, 0.15) is 42.7 Å². The zero-order valence-corrected chi connectivity index (χ0v) is 13.8. The molecule has 0 atom stereocenters. The van der Waals surface area contributed by atoms with Crippen molar-refractivity contribution in [2.75, 3.05) is 7.11 Å². The van der Waals surface area contributed by atoms with Gasteiger partial charge in [0.2, 0.25) is 0 Å². The largest absolute Gasteiger partial charge is 0.495 e. The van der Waals surface area contributed by atoms with Crippen LogP contribution >= 0.6 is 0 Å². The fourth-order valence-corrected chi connectivity index (χ4v) is 1.77. The standard InChI is InChI=1S/C16H21N3O4/c1-16(2,3)22-10-11-8-12(19-23-11)15(20)18-9-13-14(21-4)6-5-7-17-13/h5-8H,9-10H2,1-4H3,(H,18,20).